The lowest BCUT2D eigenvalue weighted by atomic mass is 9.89. The molecule has 1 aromatic rings. The van der Waals surface area contributed by atoms with Crippen molar-refractivity contribution in [2.75, 3.05) is 31.8 Å². The van der Waals surface area contributed by atoms with Crippen molar-refractivity contribution in [3.05, 3.63) is 47.8 Å². The molecule has 1 aromatic carbocycles. The molecule has 0 saturated heterocycles. The third kappa shape index (κ3) is 4.96. The van der Waals surface area contributed by atoms with Gasteiger partial charge < -0.3 is 23.8 Å². The maximum atomic E-state index is 12.6. The van der Waals surface area contributed by atoms with Crippen LogP contribution in [-0.4, -0.2) is 44.8 Å². The Bertz CT molecular complexity index is 792. The van der Waals surface area contributed by atoms with Gasteiger partial charge in [-0.3, -0.25) is 4.79 Å². The van der Waals surface area contributed by atoms with E-state index in [2.05, 4.69) is 0 Å². The van der Waals surface area contributed by atoms with Gasteiger partial charge in [-0.2, -0.15) is 0 Å². The molecular formula is C21H25NO7. The summed E-state index contributed by atoms with van der Waals surface area (Å²) >= 11 is 0. The van der Waals surface area contributed by atoms with Crippen LogP contribution in [0.25, 0.3) is 0 Å². The van der Waals surface area contributed by atoms with Crippen molar-refractivity contribution in [2.24, 2.45) is 5.92 Å². The summed E-state index contributed by atoms with van der Waals surface area (Å²) in [6, 6.07) is 7.06. The SMILES string of the molecule is CCOC(=O)C1=CN(c2ccccc2OC)C=C(C(=O)OCC)C1C(=O)OCC. The van der Waals surface area contributed by atoms with Crippen LogP contribution in [0.4, 0.5) is 5.69 Å². The molecule has 1 aliphatic rings. The maximum absolute atomic E-state index is 12.6. The zero-order valence-corrected chi connectivity index (χ0v) is 17.0. The van der Waals surface area contributed by atoms with E-state index in [1.165, 1.54) is 24.4 Å². The van der Waals surface area contributed by atoms with Gasteiger partial charge in [0.05, 0.1) is 43.8 Å². The van der Waals surface area contributed by atoms with Gasteiger partial charge in [0, 0.05) is 12.4 Å². The molecular weight excluding hydrogens is 378 g/mol. The molecule has 156 valence electrons. The summed E-state index contributed by atoms with van der Waals surface area (Å²) in [6.07, 6.45) is 2.89. The molecule has 2 rings (SSSR count). The first-order chi connectivity index (χ1) is 14.0. The van der Waals surface area contributed by atoms with Gasteiger partial charge in [-0.1, -0.05) is 12.1 Å². The summed E-state index contributed by atoms with van der Waals surface area (Å²) in [5, 5.41) is 0. The molecule has 8 heteroatoms. The predicted molar refractivity (Wildman–Crippen MR) is 105 cm³/mol. The summed E-state index contributed by atoms with van der Waals surface area (Å²) in [7, 11) is 1.51. The predicted octanol–water partition coefficient (Wildman–Crippen LogP) is 2.59. The monoisotopic (exact) mass is 403 g/mol. The fourth-order valence-electron chi connectivity index (χ4n) is 2.89. The van der Waals surface area contributed by atoms with E-state index in [1.54, 1.807) is 45.0 Å². The van der Waals surface area contributed by atoms with Crippen LogP contribution >= 0.6 is 0 Å². The van der Waals surface area contributed by atoms with Crippen molar-refractivity contribution in [2.45, 2.75) is 20.8 Å². The van der Waals surface area contributed by atoms with Gasteiger partial charge in [0.1, 0.15) is 11.7 Å². The maximum Gasteiger partial charge on any atom is 0.336 e. The first kappa shape index (κ1) is 22.0. The second-order valence-corrected chi connectivity index (χ2v) is 5.87. The lowest BCUT2D eigenvalue weighted by Gasteiger charge is -2.29. The Morgan fingerprint density at radius 2 is 1.38 bits per heavy atom. The Kier molecular flexibility index (Phi) is 7.82. The molecule has 0 bridgehead atoms. The number of para-hydroxylation sites is 2. The van der Waals surface area contributed by atoms with Crippen molar-refractivity contribution in [1.82, 2.24) is 0 Å². The lowest BCUT2D eigenvalue weighted by molar-refractivity contribution is -0.151. The summed E-state index contributed by atoms with van der Waals surface area (Å²) in [5.41, 5.74) is 0.518. The fraction of sp³-hybridized carbons (Fsp3) is 0.381. The first-order valence-corrected chi connectivity index (χ1v) is 9.34. The first-order valence-electron chi connectivity index (χ1n) is 9.34. The second-order valence-electron chi connectivity index (χ2n) is 5.87. The van der Waals surface area contributed by atoms with E-state index < -0.39 is 23.8 Å². The van der Waals surface area contributed by atoms with Crippen LogP contribution in [0.15, 0.2) is 47.8 Å². The van der Waals surface area contributed by atoms with Crippen LogP contribution in [0.5, 0.6) is 5.75 Å². The number of hydrogen-bond donors (Lipinski definition) is 0. The third-order valence-corrected chi connectivity index (χ3v) is 4.09. The minimum absolute atomic E-state index is 0.0261. The van der Waals surface area contributed by atoms with Crippen LogP contribution in [0.1, 0.15) is 20.8 Å². The zero-order chi connectivity index (χ0) is 21.4. The molecule has 0 amide bonds. The highest BCUT2D eigenvalue weighted by molar-refractivity contribution is 6.05. The van der Waals surface area contributed by atoms with Gasteiger partial charge in [0.25, 0.3) is 0 Å². The van der Waals surface area contributed by atoms with Gasteiger partial charge in [0.2, 0.25) is 0 Å². The number of esters is 3. The molecule has 0 fully saturated rings. The van der Waals surface area contributed by atoms with Crippen molar-refractivity contribution in [3.63, 3.8) is 0 Å². The number of nitrogens with zero attached hydrogens (tertiary/aromatic N) is 1. The average Bonchev–Trinajstić information content (AvgIpc) is 2.73. The molecule has 0 saturated carbocycles. The molecule has 0 aromatic heterocycles. The van der Waals surface area contributed by atoms with Gasteiger partial charge in [-0.15, -0.1) is 0 Å². The summed E-state index contributed by atoms with van der Waals surface area (Å²) in [5.74, 6) is -2.91. The normalized spacial score (nSPS) is 13.9. The van der Waals surface area contributed by atoms with E-state index in [0.29, 0.717) is 11.4 Å². The molecule has 1 aliphatic heterocycles. The Morgan fingerprint density at radius 3 is 1.86 bits per heavy atom. The number of benzene rings is 1. The molecule has 0 spiro atoms. The van der Waals surface area contributed by atoms with Crippen LogP contribution in [0.3, 0.4) is 0 Å². The minimum atomic E-state index is -1.25. The number of carbonyl (C=O) groups is 3. The standard InChI is InChI=1S/C21H25NO7/c1-5-27-19(23)14-12-22(16-10-8-9-11-17(16)26-4)13-15(20(24)28-6-2)18(14)21(25)29-7-3/h8-13,18H,5-7H2,1-4H3. The molecule has 0 radical (unpaired) electrons. The summed E-state index contributed by atoms with van der Waals surface area (Å²) in [4.78, 5) is 39.5. The van der Waals surface area contributed by atoms with E-state index in [4.69, 9.17) is 18.9 Å². The summed E-state index contributed by atoms with van der Waals surface area (Å²) < 4.78 is 20.7. The molecule has 0 aliphatic carbocycles. The molecule has 0 unspecified atom stereocenters. The number of methoxy groups -OCH3 is 1. The Hall–Kier alpha value is -3.29. The van der Waals surface area contributed by atoms with Crippen molar-refractivity contribution >= 4 is 23.6 Å². The lowest BCUT2D eigenvalue weighted by Crippen LogP contribution is -2.35. The van der Waals surface area contributed by atoms with Crippen molar-refractivity contribution in [3.8, 4) is 5.75 Å². The Balaban J connectivity index is 2.64. The second kappa shape index (κ2) is 10.3. The highest BCUT2D eigenvalue weighted by Crippen LogP contribution is 2.36. The van der Waals surface area contributed by atoms with Crippen LogP contribution in [0.2, 0.25) is 0 Å². The highest BCUT2D eigenvalue weighted by Gasteiger charge is 2.40. The Labute approximate surface area is 169 Å². The van der Waals surface area contributed by atoms with E-state index in [-0.39, 0.29) is 31.0 Å². The smallest absolute Gasteiger partial charge is 0.336 e. The number of ether oxygens (including phenoxy) is 4. The van der Waals surface area contributed by atoms with E-state index in [1.807, 2.05) is 0 Å². The molecule has 1 heterocycles. The molecule has 0 N–H and O–H groups in total. The topological polar surface area (TPSA) is 91.4 Å². The van der Waals surface area contributed by atoms with E-state index >= 15 is 0 Å². The summed E-state index contributed by atoms with van der Waals surface area (Å²) in [6.45, 7) is 5.26. The van der Waals surface area contributed by atoms with Crippen molar-refractivity contribution in [1.29, 1.82) is 0 Å². The average molecular weight is 403 g/mol. The van der Waals surface area contributed by atoms with Gasteiger partial charge in [-0.05, 0) is 32.9 Å². The largest absolute Gasteiger partial charge is 0.495 e. The van der Waals surface area contributed by atoms with E-state index in [9.17, 15) is 14.4 Å². The van der Waals surface area contributed by atoms with Gasteiger partial charge in [-0.25, -0.2) is 9.59 Å². The van der Waals surface area contributed by atoms with Crippen LogP contribution < -0.4 is 9.64 Å². The van der Waals surface area contributed by atoms with Crippen molar-refractivity contribution < 1.29 is 33.3 Å². The number of carbonyl (C=O) groups excluding carboxylic acids is 3. The van der Waals surface area contributed by atoms with E-state index in [0.717, 1.165) is 0 Å². The van der Waals surface area contributed by atoms with Gasteiger partial charge in [0.15, 0.2) is 0 Å². The van der Waals surface area contributed by atoms with Gasteiger partial charge >= 0.3 is 17.9 Å². The zero-order valence-electron chi connectivity index (χ0n) is 17.0. The quantitative estimate of drug-likeness (QED) is 0.483. The number of hydrogen-bond acceptors (Lipinski definition) is 8. The molecule has 8 nitrogen and oxygen atoms in total. The highest BCUT2D eigenvalue weighted by atomic mass is 16.5. The third-order valence-electron chi connectivity index (χ3n) is 4.09. The number of anilines is 1. The molecule has 0 atom stereocenters. The fourth-order valence-corrected chi connectivity index (χ4v) is 2.89. The number of rotatable bonds is 8. The Morgan fingerprint density at radius 1 is 0.862 bits per heavy atom. The van der Waals surface area contributed by atoms with Crippen LogP contribution in [0, 0.1) is 5.92 Å². The minimum Gasteiger partial charge on any atom is -0.495 e. The molecule has 29 heavy (non-hydrogen) atoms. The van der Waals surface area contributed by atoms with Crippen LogP contribution in [-0.2, 0) is 28.6 Å².